The minimum absolute atomic E-state index is 0.0666. The molecule has 0 spiro atoms. The minimum Gasteiger partial charge on any atom is -0.508 e. The fourth-order valence-electron chi connectivity index (χ4n) is 2.15. The summed E-state index contributed by atoms with van der Waals surface area (Å²) in [5, 5.41) is 16.7. The lowest BCUT2D eigenvalue weighted by Gasteiger charge is -2.07. The van der Waals surface area contributed by atoms with E-state index in [0.29, 0.717) is 27.0 Å². The van der Waals surface area contributed by atoms with Crippen LogP contribution in [0.15, 0.2) is 87.5 Å². The Kier molecular flexibility index (Phi) is 6.13. The second-order valence-corrected chi connectivity index (χ2v) is 6.42. The summed E-state index contributed by atoms with van der Waals surface area (Å²) in [4.78, 5) is 29.0. The zero-order valence-corrected chi connectivity index (χ0v) is 16.0. The van der Waals surface area contributed by atoms with Gasteiger partial charge in [-0.2, -0.15) is 0 Å². The summed E-state index contributed by atoms with van der Waals surface area (Å²) in [5.74, 6) is -0.989. The van der Waals surface area contributed by atoms with Crippen molar-refractivity contribution in [2.24, 2.45) is 10.2 Å². The second kappa shape index (κ2) is 8.92. The molecule has 28 heavy (non-hydrogen) atoms. The van der Waals surface area contributed by atoms with Crippen LogP contribution in [0.5, 0.6) is 5.75 Å². The third-order valence-corrected chi connectivity index (χ3v) is 4.28. The molecule has 0 aliphatic heterocycles. The average molecular weight is 440 g/mol. The van der Waals surface area contributed by atoms with Gasteiger partial charge in [0.05, 0.1) is 16.9 Å². The van der Waals surface area contributed by atoms with Crippen LogP contribution in [0.2, 0.25) is 0 Å². The van der Waals surface area contributed by atoms with E-state index in [0.717, 1.165) is 0 Å². The monoisotopic (exact) mass is 439 g/mol. The van der Waals surface area contributed by atoms with Gasteiger partial charge in [-0.15, -0.1) is 10.2 Å². The van der Waals surface area contributed by atoms with Gasteiger partial charge in [0, 0.05) is 10.0 Å². The van der Waals surface area contributed by atoms with Crippen LogP contribution in [0.25, 0.3) is 0 Å². The van der Waals surface area contributed by atoms with Crippen molar-refractivity contribution < 1.29 is 19.5 Å². The van der Waals surface area contributed by atoms with Crippen molar-refractivity contribution in [3.05, 3.63) is 88.4 Å². The Morgan fingerprint density at radius 3 is 2.29 bits per heavy atom. The number of rotatable bonds is 5. The highest BCUT2D eigenvalue weighted by Crippen LogP contribution is 2.20. The largest absolute Gasteiger partial charge is 0.508 e. The predicted molar refractivity (Wildman–Crippen MR) is 107 cm³/mol. The first kappa shape index (κ1) is 19.2. The van der Waals surface area contributed by atoms with Crippen LogP contribution in [0, 0.1) is 0 Å². The summed E-state index contributed by atoms with van der Waals surface area (Å²) in [5.41, 5.74) is 4.26. The Morgan fingerprint density at radius 2 is 1.61 bits per heavy atom. The van der Waals surface area contributed by atoms with Crippen LogP contribution < -0.4 is 5.48 Å². The van der Waals surface area contributed by atoms with E-state index in [2.05, 4.69) is 31.6 Å². The molecule has 0 saturated carbocycles. The lowest BCUT2D eigenvalue weighted by Crippen LogP contribution is -2.11. The number of benzene rings is 3. The molecular formula is C20H14BrN3O4. The summed E-state index contributed by atoms with van der Waals surface area (Å²) in [6, 6.07) is 19.1. The Labute approximate surface area is 168 Å². The molecule has 0 fully saturated rings. The SMILES string of the molecule is O=C(N=Nc1ccc(NOC(=O)c2ccccc2Br)cc1)c1ccc(O)cc1. The summed E-state index contributed by atoms with van der Waals surface area (Å²) >= 11 is 3.29. The maximum absolute atomic E-state index is 12.0. The van der Waals surface area contributed by atoms with Crippen LogP contribution in [0.3, 0.4) is 0 Å². The van der Waals surface area contributed by atoms with E-state index < -0.39 is 11.9 Å². The van der Waals surface area contributed by atoms with Gasteiger partial charge in [0.15, 0.2) is 0 Å². The van der Waals surface area contributed by atoms with E-state index >= 15 is 0 Å². The summed E-state index contributed by atoms with van der Waals surface area (Å²) in [7, 11) is 0. The lowest BCUT2D eigenvalue weighted by molar-refractivity contribution is 0.0595. The highest BCUT2D eigenvalue weighted by molar-refractivity contribution is 9.10. The van der Waals surface area contributed by atoms with Gasteiger partial charge in [-0.05, 0) is 76.6 Å². The highest BCUT2D eigenvalue weighted by Gasteiger charge is 2.11. The number of aromatic hydroxyl groups is 1. The molecule has 8 heteroatoms. The number of halogens is 1. The molecule has 7 nitrogen and oxygen atoms in total. The molecular weight excluding hydrogens is 426 g/mol. The number of anilines is 1. The van der Waals surface area contributed by atoms with Crippen molar-refractivity contribution in [1.29, 1.82) is 0 Å². The molecule has 0 unspecified atom stereocenters. The first-order valence-electron chi connectivity index (χ1n) is 8.10. The number of azo groups is 1. The lowest BCUT2D eigenvalue weighted by atomic mass is 10.2. The molecule has 0 aliphatic carbocycles. The third-order valence-electron chi connectivity index (χ3n) is 3.59. The van der Waals surface area contributed by atoms with Gasteiger partial charge in [0.2, 0.25) is 0 Å². The first-order chi connectivity index (χ1) is 13.5. The number of hydrogen-bond donors (Lipinski definition) is 2. The standard InChI is InChI=1S/C20H14BrN3O4/c21-18-4-2-1-3-17(18)20(27)28-24-15-9-7-14(8-10-15)22-23-19(26)13-5-11-16(25)12-6-13/h1-12,24-25H. The van der Waals surface area contributed by atoms with Gasteiger partial charge < -0.3 is 9.94 Å². The first-order valence-corrected chi connectivity index (χ1v) is 8.89. The molecule has 0 atom stereocenters. The fraction of sp³-hybridized carbons (Fsp3) is 0. The van der Waals surface area contributed by atoms with Crippen molar-refractivity contribution in [2.45, 2.75) is 0 Å². The fourth-order valence-corrected chi connectivity index (χ4v) is 2.59. The summed E-state index contributed by atoms with van der Waals surface area (Å²) in [6.45, 7) is 0. The van der Waals surface area contributed by atoms with Gasteiger partial charge in [-0.1, -0.05) is 12.1 Å². The number of carbonyl (C=O) groups is 2. The number of hydrogen-bond acceptors (Lipinski definition) is 6. The molecule has 0 bridgehead atoms. The zero-order valence-electron chi connectivity index (χ0n) is 14.4. The van der Waals surface area contributed by atoms with Crippen molar-refractivity contribution in [2.75, 3.05) is 5.48 Å². The van der Waals surface area contributed by atoms with E-state index in [1.807, 2.05) is 0 Å². The van der Waals surface area contributed by atoms with Crippen LogP contribution in [0.1, 0.15) is 20.7 Å². The number of phenols is 1. The normalized spacial score (nSPS) is 10.6. The molecule has 2 N–H and O–H groups in total. The van der Waals surface area contributed by atoms with Gasteiger partial charge in [-0.3, -0.25) is 4.79 Å². The topological polar surface area (TPSA) is 100 Å². The number of phenolic OH excluding ortho intramolecular Hbond substituents is 1. The number of nitrogens with zero attached hydrogens (tertiary/aromatic N) is 2. The highest BCUT2D eigenvalue weighted by atomic mass is 79.9. The Morgan fingerprint density at radius 1 is 0.929 bits per heavy atom. The number of amides is 1. The molecule has 3 aromatic rings. The van der Waals surface area contributed by atoms with E-state index in [4.69, 9.17) is 4.84 Å². The zero-order chi connectivity index (χ0) is 19.9. The van der Waals surface area contributed by atoms with Crippen molar-refractivity contribution in [3.8, 4) is 5.75 Å². The minimum atomic E-state index is -0.532. The Hall–Kier alpha value is -3.52. The van der Waals surface area contributed by atoms with Crippen LogP contribution in [-0.2, 0) is 4.84 Å². The van der Waals surface area contributed by atoms with E-state index in [1.165, 1.54) is 24.3 Å². The van der Waals surface area contributed by atoms with Crippen molar-refractivity contribution in [1.82, 2.24) is 0 Å². The van der Waals surface area contributed by atoms with E-state index in [-0.39, 0.29) is 5.75 Å². The average Bonchev–Trinajstić information content (AvgIpc) is 2.72. The maximum atomic E-state index is 12.0. The molecule has 0 aromatic heterocycles. The molecule has 1 amide bonds. The summed E-state index contributed by atoms with van der Waals surface area (Å²) < 4.78 is 0.635. The van der Waals surface area contributed by atoms with Gasteiger partial charge >= 0.3 is 5.97 Å². The Bertz CT molecular complexity index is 1020. The third kappa shape index (κ3) is 5.01. The molecule has 140 valence electrons. The van der Waals surface area contributed by atoms with Crippen LogP contribution in [0.4, 0.5) is 11.4 Å². The van der Waals surface area contributed by atoms with E-state index in [1.54, 1.807) is 48.5 Å². The maximum Gasteiger partial charge on any atom is 0.363 e. The molecule has 0 radical (unpaired) electrons. The van der Waals surface area contributed by atoms with Crippen molar-refractivity contribution in [3.63, 3.8) is 0 Å². The predicted octanol–water partition coefficient (Wildman–Crippen LogP) is 5.26. The smallest absolute Gasteiger partial charge is 0.363 e. The molecule has 0 saturated heterocycles. The Balaban J connectivity index is 1.57. The van der Waals surface area contributed by atoms with Crippen LogP contribution in [-0.4, -0.2) is 17.0 Å². The van der Waals surface area contributed by atoms with E-state index in [9.17, 15) is 14.7 Å². The second-order valence-electron chi connectivity index (χ2n) is 5.57. The molecule has 0 heterocycles. The van der Waals surface area contributed by atoms with Crippen molar-refractivity contribution >= 4 is 39.2 Å². The number of carbonyl (C=O) groups excluding carboxylic acids is 2. The number of nitrogens with one attached hydrogen (secondary N) is 1. The molecule has 3 rings (SSSR count). The van der Waals surface area contributed by atoms with Crippen LogP contribution >= 0.6 is 15.9 Å². The summed E-state index contributed by atoms with van der Waals surface area (Å²) in [6.07, 6.45) is 0. The molecule has 0 aliphatic rings. The van der Waals surface area contributed by atoms with Gasteiger partial charge in [0.1, 0.15) is 5.75 Å². The quantitative estimate of drug-likeness (QED) is 0.416. The van der Waals surface area contributed by atoms with Gasteiger partial charge in [0.25, 0.3) is 5.91 Å². The molecule has 3 aromatic carbocycles. The van der Waals surface area contributed by atoms with Gasteiger partial charge in [-0.25, -0.2) is 10.3 Å².